The summed E-state index contributed by atoms with van der Waals surface area (Å²) in [6.07, 6.45) is 2.46. The van der Waals surface area contributed by atoms with Crippen molar-refractivity contribution in [3.8, 4) is 5.88 Å². The predicted molar refractivity (Wildman–Crippen MR) is 98.1 cm³/mol. The number of nitrogens with zero attached hydrogens (tertiary/aromatic N) is 1. The molecule has 2 aromatic rings. The minimum atomic E-state index is -1.50. The van der Waals surface area contributed by atoms with Crippen molar-refractivity contribution >= 4 is 34.3 Å². The summed E-state index contributed by atoms with van der Waals surface area (Å²) >= 11 is 1.40. The second kappa shape index (κ2) is 7.49. The fourth-order valence-electron chi connectivity index (χ4n) is 3.24. The van der Waals surface area contributed by atoms with E-state index in [4.69, 9.17) is 10.5 Å². The highest BCUT2D eigenvalue weighted by Gasteiger charge is 2.41. The summed E-state index contributed by atoms with van der Waals surface area (Å²) in [4.78, 5) is 28.2. The Balaban J connectivity index is 1.89. The van der Waals surface area contributed by atoms with Crippen molar-refractivity contribution in [1.82, 2.24) is 10.3 Å². The molecule has 8 heteroatoms. The van der Waals surface area contributed by atoms with Crippen molar-refractivity contribution in [2.75, 3.05) is 12.9 Å². The van der Waals surface area contributed by atoms with E-state index in [1.165, 1.54) is 11.8 Å². The number of alkyl halides is 1. The molecule has 1 aliphatic heterocycles. The number of pyridine rings is 1. The van der Waals surface area contributed by atoms with Crippen LogP contribution in [0.2, 0.25) is 0 Å². The molecule has 0 spiro atoms. The van der Waals surface area contributed by atoms with Crippen LogP contribution in [0, 0.1) is 5.92 Å². The average Bonchev–Trinajstić information content (AvgIpc) is 2.91. The quantitative estimate of drug-likeness (QED) is 0.754. The van der Waals surface area contributed by atoms with Gasteiger partial charge in [0.2, 0.25) is 11.8 Å². The summed E-state index contributed by atoms with van der Waals surface area (Å²) in [5.41, 5.74) is 5.88. The van der Waals surface area contributed by atoms with Gasteiger partial charge in [-0.2, -0.15) is 0 Å². The lowest BCUT2D eigenvalue weighted by molar-refractivity contribution is -0.123. The largest absolute Gasteiger partial charge is 0.475 e. The van der Waals surface area contributed by atoms with Gasteiger partial charge in [0.1, 0.15) is 6.61 Å². The number of ether oxygens (including phenoxy) is 1. The van der Waals surface area contributed by atoms with Crippen LogP contribution in [-0.2, 0) is 4.79 Å². The van der Waals surface area contributed by atoms with Gasteiger partial charge in [-0.3, -0.25) is 9.59 Å². The number of fused-ring (bicyclic) bond motifs is 1. The van der Waals surface area contributed by atoms with Crippen LogP contribution in [0.25, 0.3) is 10.8 Å². The van der Waals surface area contributed by atoms with Crippen molar-refractivity contribution < 1.29 is 18.7 Å². The van der Waals surface area contributed by atoms with Crippen molar-refractivity contribution in [2.24, 2.45) is 11.7 Å². The monoisotopic (exact) mass is 377 g/mol. The highest BCUT2D eigenvalue weighted by Crippen LogP contribution is 2.31. The molecule has 1 aliphatic rings. The fraction of sp³-hybridized carbons (Fsp3) is 0.389. The Morgan fingerprint density at radius 2 is 2.23 bits per heavy atom. The highest BCUT2D eigenvalue weighted by atomic mass is 32.2. The van der Waals surface area contributed by atoms with Crippen LogP contribution in [0.4, 0.5) is 4.39 Å². The molecule has 1 saturated heterocycles. The molecule has 0 radical (unpaired) electrons. The SMILES string of the molecule is CC[C@@H]1[C@@H](COc2nccc3cc(C(N)=O)c(SC)cc23)NC(=O)[C@@H]1F. The molecule has 3 N–H and O–H groups in total. The number of aromatic nitrogens is 1. The van der Waals surface area contributed by atoms with Crippen molar-refractivity contribution in [3.05, 3.63) is 30.0 Å². The van der Waals surface area contributed by atoms with Gasteiger partial charge >= 0.3 is 0 Å². The molecule has 2 heterocycles. The lowest BCUT2D eigenvalue weighted by Gasteiger charge is -2.19. The van der Waals surface area contributed by atoms with Gasteiger partial charge < -0.3 is 15.8 Å². The molecule has 26 heavy (non-hydrogen) atoms. The number of primary amides is 1. The molecule has 0 aliphatic carbocycles. The first-order valence-electron chi connectivity index (χ1n) is 8.30. The second-order valence-electron chi connectivity index (χ2n) is 6.15. The van der Waals surface area contributed by atoms with Gasteiger partial charge in [0, 0.05) is 22.4 Å². The van der Waals surface area contributed by atoms with E-state index in [1.54, 1.807) is 18.3 Å². The number of hydrogen-bond donors (Lipinski definition) is 2. The van der Waals surface area contributed by atoms with Gasteiger partial charge in [-0.25, -0.2) is 9.37 Å². The third kappa shape index (κ3) is 3.33. The first-order chi connectivity index (χ1) is 12.5. The van der Waals surface area contributed by atoms with E-state index in [2.05, 4.69) is 10.3 Å². The molecule has 0 unspecified atom stereocenters. The zero-order valence-corrected chi connectivity index (χ0v) is 15.3. The summed E-state index contributed by atoms with van der Waals surface area (Å²) in [5.74, 6) is -1.13. The maximum atomic E-state index is 13.9. The molecule has 3 atom stereocenters. The molecular formula is C18H20FN3O3S. The average molecular weight is 377 g/mol. The molecule has 2 amide bonds. The molecule has 1 fully saturated rings. The number of rotatable bonds is 6. The van der Waals surface area contributed by atoms with E-state index < -0.39 is 29.9 Å². The lowest BCUT2D eigenvalue weighted by Crippen LogP contribution is -2.34. The Kier molecular flexibility index (Phi) is 5.31. The van der Waals surface area contributed by atoms with Crippen LogP contribution >= 0.6 is 11.8 Å². The Morgan fingerprint density at radius 3 is 2.88 bits per heavy atom. The van der Waals surface area contributed by atoms with Gasteiger partial charge in [-0.1, -0.05) is 6.92 Å². The molecule has 1 aromatic heterocycles. The first kappa shape index (κ1) is 18.4. The third-order valence-corrected chi connectivity index (χ3v) is 5.43. The van der Waals surface area contributed by atoms with E-state index in [0.29, 0.717) is 17.9 Å². The fourth-order valence-corrected chi connectivity index (χ4v) is 3.86. The van der Waals surface area contributed by atoms with Gasteiger partial charge in [0.05, 0.1) is 11.6 Å². The molecule has 0 bridgehead atoms. The van der Waals surface area contributed by atoms with Gasteiger partial charge in [-0.05, 0) is 36.3 Å². The van der Waals surface area contributed by atoms with Crippen LogP contribution in [0.1, 0.15) is 23.7 Å². The van der Waals surface area contributed by atoms with Crippen LogP contribution in [0.15, 0.2) is 29.3 Å². The lowest BCUT2D eigenvalue weighted by atomic mass is 9.97. The van der Waals surface area contributed by atoms with Crippen molar-refractivity contribution in [2.45, 2.75) is 30.5 Å². The summed E-state index contributed by atoms with van der Waals surface area (Å²) in [6, 6.07) is 4.89. The third-order valence-electron chi connectivity index (χ3n) is 4.66. The van der Waals surface area contributed by atoms with E-state index in [9.17, 15) is 14.0 Å². The number of hydrogen-bond acceptors (Lipinski definition) is 5. The Labute approximate surface area is 154 Å². The van der Waals surface area contributed by atoms with Crippen LogP contribution < -0.4 is 15.8 Å². The molecule has 3 rings (SSSR count). The first-order valence-corrected chi connectivity index (χ1v) is 9.52. The van der Waals surface area contributed by atoms with E-state index >= 15 is 0 Å². The summed E-state index contributed by atoms with van der Waals surface area (Å²) < 4.78 is 19.7. The zero-order valence-electron chi connectivity index (χ0n) is 14.5. The number of amides is 2. The van der Waals surface area contributed by atoms with Gasteiger partial charge in [-0.15, -0.1) is 11.8 Å². The Bertz CT molecular complexity index is 861. The summed E-state index contributed by atoms with van der Waals surface area (Å²) in [7, 11) is 0. The maximum Gasteiger partial charge on any atom is 0.255 e. The number of nitrogens with one attached hydrogen (secondary N) is 1. The van der Waals surface area contributed by atoms with Gasteiger partial charge in [0.15, 0.2) is 6.17 Å². The number of carbonyl (C=O) groups excluding carboxylic acids is 2. The topological polar surface area (TPSA) is 94.3 Å². The molecular weight excluding hydrogens is 357 g/mol. The number of thioether (sulfide) groups is 1. The van der Waals surface area contributed by atoms with E-state index in [1.807, 2.05) is 19.2 Å². The Hall–Kier alpha value is -2.35. The van der Waals surface area contributed by atoms with Crippen molar-refractivity contribution in [1.29, 1.82) is 0 Å². The van der Waals surface area contributed by atoms with Crippen LogP contribution in [-0.4, -0.2) is 41.9 Å². The number of carbonyl (C=O) groups is 2. The minimum Gasteiger partial charge on any atom is -0.475 e. The standard InChI is InChI=1S/C18H20FN3O3S/c1-3-10-13(22-17(24)15(10)19)8-25-18-11-7-14(26-2)12(16(20)23)6-9(11)4-5-21-18/h4-7,10,13,15H,3,8H2,1-2H3,(H2,20,23)(H,22,24)/t10-,13-,15-/m1/s1. The zero-order chi connectivity index (χ0) is 18.8. The normalized spacial score (nSPS) is 22.4. The number of halogens is 1. The molecule has 138 valence electrons. The van der Waals surface area contributed by atoms with E-state index in [-0.39, 0.29) is 6.61 Å². The molecule has 6 nitrogen and oxygen atoms in total. The Morgan fingerprint density at radius 1 is 1.46 bits per heavy atom. The smallest absolute Gasteiger partial charge is 0.255 e. The van der Waals surface area contributed by atoms with Crippen LogP contribution in [0.3, 0.4) is 0 Å². The predicted octanol–water partition coefficient (Wildman–Crippen LogP) is 2.30. The molecule has 0 saturated carbocycles. The number of benzene rings is 1. The minimum absolute atomic E-state index is 0.128. The maximum absolute atomic E-state index is 13.9. The number of nitrogens with two attached hydrogens (primary N) is 1. The highest BCUT2D eigenvalue weighted by molar-refractivity contribution is 7.98. The molecule has 1 aromatic carbocycles. The van der Waals surface area contributed by atoms with Crippen LogP contribution in [0.5, 0.6) is 5.88 Å². The summed E-state index contributed by atoms with van der Waals surface area (Å²) in [5, 5.41) is 4.14. The second-order valence-corrected chi connectivity index (χ2v) is 7.00. The summed E-state index contributed by atoms with van der Waals surface area (Å²) in [6.45, 7) is 1.97. The van der Waals surface area contributed by atoms with Gasteiger partial charge in [0.25, 0.3) is 5.91 Å². The van der Waals surface area contributed by atoms with E-state index in [0.717, 1.165) is 15.7 Å². The van der Waals surface area contributed by atoms with Crippen molar-refractivity contribution in [3.63, 3.8) is 0 Å².